The zero-order chi connectivity index (χ0) is 16.1. The molecular formula is C15H20N4O2S. The van der Waals surface area contributed by atoms with Crippen LogP contribution in [0.1, 0.15) is 12.0 Å². The Labute approximate surface area is 134 Å². The van der Waals surface area contributed by atoms with Crippen molar-refractivity contribution in [3.05, 3.63) is 29.8 Å². The molecule has 0 aliphatic carbocycles. The average Bonchev–Trinajstić information content (AvgIpc) is 2.77. The van der Waals surface area contributed by atoms with Crippen LogP contribution in [-0.4, -0.2) is 42.9 Å². The van der Waals surface area contributed by atoms with Gasteiger partial charge in [-0.3, -0.25) is 15.0 Å². The monoisotopic (exact) mass is 320 g/mol. The molecule has 1 unspecified atom stereocenters. The smallest absolute Gasteiger partial charge is 0.240 e. The summed E-state index contributed by atoms with van der Waals surface area (Å²) in [5.74, 6) is -0.420. The highest BCUT2D eigenvalue weighted by atomic mass is 32.2. The summed E-state index contributed by atoms with van der Waals surface area (Å²) in [6, 6.07) is 8.18. The number of benzene rings is 1. The van der Waals surface area contributed by atoms with Crippen molar-refractivity contribution in [3.8, 4) is 0 Å². The molecule has 1 aromatic rings. The van der Waals surface area contributed by atoms with E-state index in [9.17, 15) is 9.59 Å². The molecule has 118 valence electrons. The molecule has 0 saturated carbocycles. The summed E-state index contributed by atoms with van der Waals surface area (Å²) >= 11 is 1.09. The van der Waals surface area contributed by atoms with Crippen molar-refractivity contribution in [1.82, 2.24) is 10.6 Å². The van der Waals surface area contributed by atoms with Crippen LogP contribution in [0.4, 0.5) is 5.69 Å². The molecular weight excluding hydrogens is 300 g/mol. The van der Waals surface area contributed by atoms with Gasteiger partial charge in [0.25, 0.3) is 0 Å². The van der Waals surface area contributed by atoms with Crippen LogP contribution in [0.5, 0.6) is 0 Å². The lowest BCUT2D eigenvalue weighted by Crippen LogP contribution is -2.32. The largest absolute Gasteiger partial charge is 0.378 e. The Balaban J connectivity index is 1.73. The first-order valence-corrected chi connectivity index (χ1v) is 7.92. The van der Waals surface area contributed by atoms with Crippen LogP contribution < -0.4 is 15.5 Å². The summed E-state index contributed by atoms with van der Waals surface area (Å²) in [4.78, 5) is 25.3. The van der Waals surface area contributed by atoms with Gasteiger partial charge in [0, 0.05) is 32.7 Å². The molecule has 0 bridgehead atoms. The molecule has 2 amide bonds. The van der Waals surface area contributed by atoms with E-state index in [0.717, 1.165) is 29.4 Å². The van der Waals surface area contributed by atoms with Crippen LogP contribution in [-0.2, 0) is 16.0 Å². The molecule has 1 saturated heterocycles. The van der Waals surface area contributed by atoms with Gasteiger partial charge in [-0.05, 0) is 24.1 Å². The molecule has 0 spiro atoms. The third kappa shape index (κ3) is 4.49. The van der Waals surface area contributed by atoms with Crippen molar-refractivity contribution in [1.29, 1.82) is 5.41 Å². The third-order valence-electron chi connectivity index (χ3n) is 3.35. The number of rotatable bonds is 6. The topological polar surface area (TPSA) is 85.3 Å². The maximum atomic E-state index is 11.8. The van der Waals surface area contributed by atoms with Gasteiger partial charge in [-0.25, -0.2) is 0 Å². The zero-order valence-electron chi connectivity index (χ0n) is 12.7. The first-order chi connectivity index (χ1) is 10.5. The van der Waals surface area contributed by atoms with Crippen molar-refractivity contribution >= 4 is 34.4 Å². The summed E-state index contributed by atoms with van der Waals surface area (Å²) in [5.41, 5.74) is 2.29. The van der Waals surface area contributed by atoms with Crippen LogP contribution in [0.25, 0.3) is 0 Å². The highest BCUT2D eigenvalue weighted by molar-refractivity contribution is 8.15. The minimum atomic E-state index is -0.480. The van der Waals surface area contributed by atoms with Crippen molar-refractivity contribution in [2.75, 3.05) is 25.5 Å². The molecule has 22 heavy (non-hydrogen) atoms. The molecule has 2 rings (SSSR count). The molecule has 3 N–H and O–H groups in total. The van der Waals surface area contributed by atoms with E-state index in [-0.39, 0.29) is 23.4 Å². The zero-order valence-corrected chi connectivity index (χ0v) is 13.5. The van der Waals surface area contributed by atoms with E-state index in [1.165, 1.54) is 0 Å². The van der Waals surface area contributed by atoms with Gasteiger partial charge >= 0.3 is 0 Å². The minimum absolute atomic E-state index is 0.110. The molecule has 1 aromatic carbocycles. The van der Waals surface area contributed by atoms with E-state index in [2.05, 4.69) is 10.6 Å². The third-order valence-corrected chi connectivity index (χ3v) is 4.35. The number of amides is 2. The van der Waals surface area contributed by atoms with E-state index in [4.69, 9.17) is 5.41 Å². The number of carbonyl (C=O) groups excluding carboxylic acids is 2. The Morgan fingerprint density at radius 3 is 2.59 bits per heavy atom. The van der Waals surface area contributed by atoms with Crippen LogP contribution in [0.3, 0.4) is 0 Å². The Bertz CT molecular complexity index is 571. The fourth-order valence-corrected chi connectivity index (χ4v) is 2.94. The van der Waals surface area contributed by atoms with E-state index in [1.807, 2.05) is 43.3 Å². The van der Waals surface area contributed by atoms with Gasteiger partial charge in [-0.2, -0.15) is 0 Å². The number of carbonyl (C=O) groups is 2. The number of amidine groups is 1. The van der Waals surface area contributed by atoms with Crippen molar-refractivity contribution in [2.45, 2.75) is 18.1 Å². The van der Waals surface area contributed by atoms with Gasteiger partial charge in [0.15, 0.2) is 5.17 Å². The number of thioether (sulfide) groups is 1. The first-order valence-electron chi connectivity index (χ1n) is 7.05. The summed E-state index contributed by atoms with van der Waals surface area (Å²) in [6.07, 6.45) is 0.859. The molecule has 1 aliphatic heterocycles. The molecule has 1 heterocycles. The summed E-state index contributed by atoms with van der Waals surface area (Å²) < 4.78 is 0. The lowest BCUT2D eigenvalue weighted by molar-refractivity contribution is -0.125. The molecule has 1 atom stereocenters. The molecule has 0 aromatic heterocycles. The average molecular weight is 320 g/mol. The van der Waals surface area contributed by atoms with E-state index >= 15 is 0 Å². The Kier molecular flexibility index (Phi) is 5.43. The predicted octanol–water partition coefficient (Wildman–Crippen LogP) is 0.968. The Hall–Kier alpha value is -2.02. The number of anilines is 1. The van der Waals surface area contributed by atoms with Gasteiger partial charge in [0.2, 0.25) is 11.8 Å². The Morgan fingerprint density at radius 2 is 2.05 bits per heavy atom. The van der Waals surface area contributed by atoms with Crippen molar-refractivity contribution < 1.29 is 9.59 Å². The van der Waals surface area contributed by atoms with Crippen LogP contribution in [0.15, 0.2) is 24.3 Å². The van der Waals surface area contributed by atoms with E-state index < -0.39 is 5.25 Å². The maximum Gasteiger partial charge on any atom is 0.240 e. The first kappa shape index (κ1) is 16.4. The molecule has 6 nitrogen and oxygen atoms in total. The molecule has 0 radical (unpaired) electrons. The number of hydrogen-bond donors (Lipinski definition) is 3. The normalized spacial score (nSPS) is 17.3. The van der Waals surface area contributed by atoms with Gasteiger partial charge in [0.1, 0.15) is 5.25 Å². The van der Waals surface area contributed by atoms with Gasteiger partial charge in [0.05, 0.1) is 0 Å². The van der Waals surface area contributed by atoms with Crippen LogP contribution in [0, 0.1) is 5.41 Å². The molecule has 7 heteroatoms. The standard InChI is InChI=1S/C15H20N4O2S/c1-19(2)11-5-3-10(4-6-11)7-8-17-13(20)9-12-14(21)18-15(16)22-12/h3-6,12H,7-9H2,1-2H3,(H,17,20)(H2,16,18,21). The second-order valence-electron chi connectivity index (χ2n) is 5.29. The maximum absolute atomic E-state index is 11.8. The highest BCUT2D eigenvalue weighted by Gasteiger charge is 2.30. The van der Waals surface area contributed by atoms with E-state index in [1.54, 1.807) is 0 Å². The second kappa shape index (κ2) is 7.31. The fourth-order valence-electron chi connectivity index (χ4n) is 2.10. The highest BCUT2D eigenvalue weighted by Crippen LogP contribution is 2.20. The molecule has 1 fully saturated rings. The fraction of sp³-hybridized carbons (Fsp3) is 0.400. The predicted molar refractivity (Wildman–Crippen MR) is 89.3 cm³/mol. The quantitative estimate of drug-likeness (QED) is 0.729. The summed E-state index contributed by atoms with van der Waals surface area (Å²) in [5, 5.41) is 12.2. The lowest BCUT2D eigenvalue weighted by Gasteiger charge is -2.13. The van der Waals surface area contributed by atoms with Gasteiger partial charge < -0.3 is 15.5 Å². The summed E-state index contributed by atoms with van der Waals surface area (Å²) in [7, 11) is 3.98. The molecule has 1 aliphatic rings. The van der Waals surface area contributed by atoms with Crippen molar-refractivity contribution in [2.24, 2.45) is 0 Å². The van der Waals surface area contributed by atoms with E-state index in [0.29, 0.717) is 6.54 Å². The number of hydrogen-bond acceptors (Lipinski definition) is 5. The van der Waals surface area contributed by atoms with Crippen LogP contribution in [0.2, 0.25) is 0 Å². The van der Waals surface area contributed by atoms with Gasteiger partial charge in [-0.1, -0.05) is 23.9 Å². The van der Waals surface area contributed by atoms with Crippen molar-refractivity contribution in [3.63, 3.8) is 0 Å². The number of nitrogens with one attached hydrogen (secondary N) is 3. The minimum Gasteiger partial charge on any atom is -0.378 e. The second-order valence-corrected chi connectivity index (χ2v) is 6.50. The van der Waals surface area contributed by atoms with Gasteiger partial charge in [-0.15, -0.1) is 0 Å². The summed E-state index contributed by atoms with van der Waals surface area (Å²) in [6.45, 7) is 0.538. The number of nitrogens with zero attached hydrogens (tertiary/aromatic N) is 1. The van der Waals surface area contributed by atoms with Crippen LogP contribution >= 0.6 is 11.8 Å². The Morgan fingerprint density at radius 1 is 1.36 bits per heavy atom. The SMILES string of the molecule is CN(C)c1ccc(CCNC(=O)CC2SC(=N)NC2=O)cc1. The lowest BCUT2D eigenvalue weighted by atomic mass is 10.1.